The summed E-state index contributed by atoms with van der Waals surface area (Å²) in [4.78, 5) is 4.28. The van der Waals surface area contributed by atoms with Crippen molar-refractivity contribution in [2.24, 2.45) is 11.7 Å². The average molecular weight is 247 g/mol. The lowest BCUT2D eigenvalue weighted by molar-refractivity contribution is 0.322. The SMILES string of the molecule is CC(C)C(N)c1nc(Cc2ccc(O)cc2)no1. The lowest BCUT2D eigenvalue weighted by atomic mass is 10.1. The van der Waals surface area contributed by atoms with Crippen molar-refractivity contribution in [1.82, 2.24) is 10.1 Å². The summed E-state index contributed by atoms with van der Waals surface area (Å²) in [5.41, 5.74) is 6.95. The fraction of sp³-hybridized carbons (Fsp3) is 0.385. The maximum absolute atomic E-state index is 9.19. The van der Waals surface area contributed by atoms with Gasteiger partial charge in [0, 0.05) is 6.42 Å². The molecule has 0 bridgehead atoms. The molecule has 1 aromatic carbocycles. The standard InChI is InChI=1S/C13H17N3O2/c1-8(2)12(14)13-15-11(16-18-13)7-9-3-5-10(17)6-4-9/h3-6,8,12,17H,7,14H2,1-2H3. The third kappa shape index (κ3) is 2.87. The number of nitrogens with two attached hydrogens (primary N) is 1. The van der Waals surface area contributed by atoms with Gasteiger partial charge in [0.25, 0.3) is 0 Å². The van der Waals surface area contributed by atoms with E-state index in [1.165, 1.54) is 0 Å². The van der Waals surface area contributed by atoms with Crippen LogP contribution >= 0.6 is 0 Å². The van der Waals surface area contributed by atoms with Crippen LogP contribution in [-0.2, 0) is 6.42 Å². The molecule has 0 aliphatic carbocycles. The fourth-order valence-corrected chi connectivity index (χ4v) is 1.56. The molecule has 1 unspecified atom stereocenters. The molecule has 0 aliphatic rings. The van der Waals surface area contributed by atoms with Gasteiger partial charge in [-0.25, -0.2) is 0 Å². The molecule has 2 aromatic rings. The van der Waals surface area contributed by atoms with Crippen LogP contribution in [0.5, 0.6) is 5.75 Å². The molecule has 1 heterocycles. The lowest BCUT2D eigenvalue weighted by Crippen LogP contribution is -2.17. The average Bonchev–Trinajstić information content (AvgIpc) is 2.79. The monoisotopic (exact) mass is 247 g/mol. The van der Waals surface area contributed by atoms with Gasteiger partial charge in [0.05, 0.1) is 6.04 Å². The molecule has 0 saturated carbocycles. The van der Waals surface area contributed by atoms with E-state index in [1.807, 2.05) is 26.0 Å². The number of phenols is 1. The second-order valence-corrected chi connectivity index (χ2v) is 4.66. The van der Waals surface area contributed by atoms with Gasteiger partial charge in [-0.2, -0.15) is 4.98 Å². The summed E-state index contributed by atoms with van der Waals surface area (Å²) in [5.74, 6) is 1.58. The molecule has 1 aromatic heterocycles. The molecule has 0 radical (unpaired) electrons. The smallest absolute Gasteiger partial charge is 0.243 e. The summed E-state index contributed by atoms with van der Waals surface area (Å²) in [7, 11) is 0. The molecule has 1 atom stereocenters. The van der Waals surface area contributed by atoms with Gasteiger partial charge in [0.15, 0.2) is 5.82 Å². The molecule has 0 aliphatic heterocycles. The summed E-state index contributed by atoms with van der Waals surface area (Å²) >= 11 is 0. The van der Waals surface area contributed by atoms with Gasteiger partial charge >= 0.3 is 0 Å². The van der Waals surface area contributed by atoms with E-state index >= 15 is 0 Å². The third-order valence-electron chi connectivity index (χ3n) is 2.79. The minimum atomic E-state index is -0.230. The third-order valence-corrected chi connectivity index (χ3v) is 2.79. The zero-order valence-corrected chi connectivity index (χ0v) is 10.5. The fourth-order valence-electron chi connectivity index (χ4n) is 1.56. The van der Waals surface area contributed by atoms with Gasteiger partial charge in [-0.3, -0.25) is 0 Å². The van der Waals surface area contributed by atoms with E-state index in [4.69, 9.17) is 10.3 Å². The van der Waals surface area contributed by atoms with Crippen LogP contribution in [0.1, 0.15) is 37.2 Å². The number of phenolic OH excluding ortho intramolecular Hbond substituents is 1. The second kappa shape index (κ2) is 5.18. The quantitative estimate of drug-likeness (QED) is 0.863. The maximum atomic E-state index is 9.19. The number of nitrogens with zero attached hydrogens (tertiary/aromatic N) is 2. The number of benzene rings is 1. The van der Waals surface area contributed by atoms with Crippen LogP contribution < -0.4 is 5.73 Å². The van der Waals surface area contributed by atoms with Crippen molar-refractivity contribution >= 4 is 0 Å². The van der Waals surface area contributed by atoms with Gasteiger partial charge in [-0.1, -0.05) is 31.1 Å². The minimum Gasteiger partial charge on any atom is -0.508 e. The van der Waals surface area contributed by atoms with Crippen LogP contribution in [0.3, 0.4) is 0 Å². The molecule has 0 fully saturated rings. The van der Waals surface area contributed by atoms with E-state index in [0.717, 1.165) is 5.56 Å². The first-order valence-corrected chi connectivity index (χ1v) is 5.92. The van der Waals surface area contributed by atoms with Crippen molar-refractivity contribution in [1.29, 1.82) is 0 Å². The molecular weight excluding hydrogens is 230 g/mol. The summed E-state index contributed by atoms with van der Waals surface area (Å²) in [5, 5.41) is 13.1. The van der Waals surface area contributed by atoms with E-state index in [9.17, 15) is 5.11 Å². The Balaban J connectivity index is 2.09. The Labute approximate surface area is 106 Å². The van der Waals surface area contributed by atoms with Crippen LogP contribution in [0.15, 0.2) is 28.8 Å². The molecule has 96 valence electrons. The highest BCUT2D eigenvalue weighted by Gasteiger charge is 2.17. The molecule has 0 saturated heterocycles. The lowest BCUT2D eigenvalue weighted by Gasteiger charge is -2.09. The summed E-state index contributed by atoms with van der Waals surface area (Å²) in [6.45, 7) is 4.02. The molecular formula is C13H17N3O2. The number of aromatic hydroxyl groups is 1. The number of hydrogen-bond acceptors (Lipinski definition) is 5. The molecule has 2 rings (SSSR count). The Kier molecular flexibility index (Phi) is 3.62. The summed E-state index contributed by atoms with van der Waals surface area (Å²) < 4.78 is 5.15. The number of rotatable bonds is 4. The highest BCUT2D eigenvalue weighted by Crippen LogP contribution is 2.18. The Morgan fingerprint density at radius 2 is 1.94 bits per heavy atom. The number of aromatic nitrogens is 2. The molecule has 5 nitrogen and oxygen atoms in total. The second-order valence-electron chi connectivity index (χ2n) is 4.66. The van der Waals surface area contributed by atoms with Gasteiger partial charge < -0.3 is 15.4 Å². The Morgan fingerprint density at radius 1 is 1.28 bits per heavy atom. The first-order chi connectivity index (χ1) is 8.56. The highest BCUT2D eigenvalue weighted by molar-refractivity contribution is 5.27. The normalized spacial score (nSPS) is 12.9. The van der Waals surface area contributed by atoms with Crippen LogP contribution in [0, 0.1) is 5.92 Å². The zero-order chi connectivity index (χ0) is 13.1. The van der Waals surface area contributed by atoms with Crippen LogP contribution in [0.2, 0.25) is 0 Å². The molecule has 18 heavy (non-hydrogen) atoms. The first kappa shape index (κ1) is 12.6. The Morgan fingerprint density at radius 3 is 2.56 bits per heavy atom. The molecule has 5 heteroatoms. The van der Waals surface area contributed by atoms with Gasteiger partial charge in [-0.05, 0) is 23.6 Å². The highest BCUT2D eigenvalue weighted by atomic mass is 16.5. The summed E-state index contributed by atoms with van der Waals surface area (Å²) in [6, 6.07) is 6.69. The number of hydrogen-bond donors (Lipinski definition) is 2. The van der Waals surface area contributed by atoms with Gasteiger partial charge in [-0.15, -0.1) is 0 Å². The topological polar surface area (TPSA) is 85.2 Å². The summed E-state index contributed by atoms with van der Waals surface area (Å²) in [6.07, 6.45) is 0.564. The maximum Gasteiger partial charge on any atom is 0.243 e. The van der Waals surface area contributed by atoms with Crippen LogP contribution in [-0.4, -0.2) is 15.2 Å². The predicted molar refractivity (Wildman–Crippen MR) is 67.0 cm³/mol. The largest absolute Gasteiger partial charge is 0.508 e. The van der Waals surface area contributed by atoms with E-state index in [2.05, 4.69) is 10.1 Å². The van der Waals surface area contributed by atoms with Crippen molar-refractivity contribution in [3.63, 3.8) is 0 Å². The van der Waals surface area contributed by atoms with E-state index in [0.29, 0.717) is 18.1 Å². The Hall–Kier alpha value is -1.88. The Bertz CT molecular complexity index is 505. The minimum absolute atomic E-state index is 0.230. The van der Waals surface area contributed by atoms with Crippen molar-refractivity contribution in [2.75, 3.05) is 0 Å². The van der Waals surface area contributed by atoms with Crippen LogP contribution in [0.25, 0.3) is 0 Å². The van der Waals surface area contributed by atoms with Crippen molar-refractivity contribution in [2.45, 2.75) is 26.3 Å². The van der Waals surface area contributed by atoms with Gasteiger partial charge in [0.1, 0.15) is 5.75 Å². The van der Waals surface area contributed by atoms with E-state index < -0.39 is 0 Å². The van der Waals surface area contributed by atoms with E-state index in [1.54, 1.807) is 12.1 Å². The van der Waals surface area contributed by atoms with Crippen molar-refractivity contribution in [3.05, 3.63) is 41.5 Å². The van der Waals surface area contributed by atoms with Crippen molar-refractivity contribution < 1.29 is 9.63 Å². The predicted octanol–water partition coefficient (Wildman–Crippen LogP) is 2.02. The molecule has 0 spiro atoms. The molecule has 3 N–H and O–H groups in total. The van der Waals surface area contributed by atoms with Gasteiger partial charge in [0.2, 0.25) is 5.89 Å². The molecule has 0 amide bonds. The van der Waals surface area contributed by atoms with Crippen LogP contribution in [0.4, 0.5) is 0 Å². The van der Waals surface area contributed by atoms with Crippen molar-refractivity contribution in [3.8, 4) is 5.75 Å². The van der Waals surface area contributed by atoms with E-state index in [-0.39, 0.29) is 17.7 Å². The first-order valence-electron chi connectivity index (χ1n) is 5.92. The zero-order valence-electron chi connectivity index (χ0n) is 10.5.